The van der Waals surface area contributed by atoms with Gasteiger partial charge in [0.2, 0.25) is 21.9 Å². The highest BCUT2D eigenvalue weighted by Crippen LogP contribution is 2.40. The number of halogens is 6. The van der Waals surface area contributed by atoms with Crippen molar-refractivity contribution in [3.8, 4) is 5.88 Å². The molecule has 0 bridgehead atoms. The first-order chi connectivity index (χ1) is 19.9. The molecule has 11 nitrogen and oxygen atoms in total. The number of carboxylic acid groups (broad SMARTS) is 1. The van der Waals surface area contributed by atoms with Gasteiger partial charge in [-0.1, -0.05) is 6.92 Å². The number of benzene rings is 1. The zero-order chi connectivity index (χ0) is 31.9. The number of methoxy groups -OCH3 is 1. The first-order valence-corrected chi connectivity index (χ1v) is 14.0. The first kappa shape index (κ1) is 31.7. The van der Waals surface area contributed by atoms with Crippen LogP contribution in [-0.4, -0.2) is 47.7 Å². The quantitative estimate of drug-likeness (QED) is 0.305. The van der Waals surface area contributed by atoms with Crippen LogP contribution in [0, 0.1) is 0 Å². The Balaban J connectivity index is 1.79. The number of hydrogen-bond donors (Lipinski definition) is 3. The second-order valence-corrected chi connectivity index (χ2v) is 11.1. The van der Waals surface area contributed by atoms with Gasteiger partial charge in [0.15, 0.2) is 0 Å². The number of alkyl halides is 6. The third-order valence-electron chi connectivity index (χ3n) is 6.68. The summed E-state index contributed by atoms with van der Waals surface area (Å²) in [7, 11) is -3.22. The number of fused-ring (bicyclic) bond motifs is 1. The normalized spacial score (nSPS) is 17.4. The van der Waals surface area contributed by atoms with E-state index in [1.165, 1.54) is 19.2 Å². The lowest BCUT2D eigenvalue weighted by Crippen LogP contribution is -2.45. The van der Waals surface area contributed by atoms with E-state index in [0.29, 0.717) is 18.6 Å². The van der Waals surface area contributed by atoms with Gasteiger partial charge < -0.3 is 15.2 Å². The lowest BCUT2D eigenvalue weighted by Gasteiger charge is -2.38. The molecule has 2 aromatic heterocycles. The number of aromatic nitrogens is 3. The number of carbonyl (C=O) groups is 1. The van der Waals surface area contributed by atoms with Gasteiger partial charge in [0, 0.05) is 18.5 Å². The minimum absolute atomic E-state index is 0.0522. The third kappa shape index (κ3) is 6.90. The summed E-state index contributed by atoms with van der Waals surface area (Å²) in [6, 6.07) is 2.52. The van der Waals surface area contributed by atoms with Crippen molar-refractivity contribution >= 4 is 27.8 Å². The van der Waals surface area contributed by atoms with Crippen LogP contribution >= 0.6 is 0 Å². The first-order valence-electron chi connectivity index (χ1n) is 12.4. The van der Waals surface area contributed by atoms with Crippen LogP contribution in [0.3, 0.4) is 0 Å². The van der Waals surface area contributed by atoms with Gasteiger partial charge in [0.1, 0.15) is 4.90 Å². The van der Waals surface area contributed by atoms with E-state index < -0.39 is 74.3 Å². The summed E-state index contributed by atoms with van der Waals surface area (Å²) in [6.07, 6.45) is -10.9. The van der Waals surface area contributed by atoms with Gasteiger partial charge in [0.05, 0.1) is 47.6 Å². The Hall–Kier alpha value is -4.19. The topological polar surface area (TPSA) is 161 Å². The molecule has 232 valence electrons. The molecule has 0 radical (unpaired) electrons. The van der Waals surface area contributed by atoms with E-state index in [2.05, 4.69) is 20.3 Å². The monoisotopic (exact) mass is 634 g/mol. The summed E-state index contributed by atoms with van der Waals surface area (Å²) in [5.41, 5.74) is -3.73. The van der Waals surface area contributed by atoms with Crippen molar-refractivity contribution in [1.82, 2.24) is 15.0 Å². The summed E-state index contributed by atoms with van der Waals surface area (Å²) < 4.78 is 110. The Morgan fingerprint density at radius 2 is 1.74 bits per heavy atom. The average molecular weight is 635 g/mol. The molecule has 43 heavy (non-hydrogen) atoms. The van der Waals surface area contributed by atoms with E-state index in [4.69, 9.17) is 9.88 Å². The predicted molar refractivity (Wildman–Crippen MR) is 139 cm³/mol. The lowest BCUT2D eigenvalue weighted by atomic mass is 9.93. The van der Waals surface area contributed by atoms with Crippen LogP contribution in [0.5, 0.6) is 5.88 Å². The molecule has 0 saturated carbocycles. The van der Waals surface area contributed by atoms with Crippen molar-refractivity contribution in [2.75, 3.05) is 17.3 Å². The maximum Gasteiger partial charge on any atom is 0.416 e. The number of ether oxygens (including phenoxy) is 1. The number of nitrogens with zero attached hydrogens (tertiary/aromatic N) is 4. The lowest BCUT2D eigenvalue weighted by molar-refractivity contribution is -0.143. The number of pyridine rings is 1. The van der Waals surface area contributed by atoms with Crippen LogP contribution in [-0.2, 0) is 28.8 Å². The molecule has 18 heteroatoms. The molecule has 4 rings (SSSR count). The summed E-state index contributed by atoms with van der Waals surface area (Å²) in [5.74, 6) is -0.105. The predicted octanol–water partition coefficient (Wildman–Crippen LogP) is 4.98. The molecule has 1 amide bonds. The highest BCUT2D eigenvalue weighted by Gasteiger charge is 2.38. The molecule has 0 aliphatic carbocycles. The molecule has 4 N–H and O–H groups in total. The third-order valence-corrected chi connectivity index (χ3v) is 7.64. The van der Waals surface area contributed by atoms with Crippen molar-refractivity contribution < 1.29 is 49.4 Å². The SMILES string of the molecule is CC[C@@H]1C[C@H](Nc2ncc(S(N)(=O)=O)c(Cc3cc(C(F)(F)F)cc(C(F)(F)F)c3)n2)c2nc(OC)ccc2N1C(=O)O. The van der Waals surface area contributed by atoms with E-state index in [0.717, 1.165) is 11.1 Å². The molecular formula is C25H24F6N6O5S. The number of amides is 1. The van der Waals surface area contributed by atoms with Crippen LogP contribution in [0.25, 0.3) is 0 Å². The van der Waals surface area contributed by atoms with Gasteiger partial charge in [-0.25, -0.2) is 33.3 Å². The Kier molecular flexibility index (Phi) is 8.47. The summed E-state index contributed by atoms with van der Waals surface area (Å²) >= 11 is 0. The second-order valence-electron chi connectivity index (χ2n) is 9.55. The van der Waals surface area contributed by atoms with E-state index in [9.17, 15) is 44.7 Å². The van der Waals surface area contributed by atoms with Gasteiger partial charge in [-0.05, 0) is 42.7 Å². The Bertz CT molecular complexity index is 1620. The molecule has 0 saturated heterocycles. The second kappa shape index (κ2) is 11.5. The zero-order valence-electron chi connectivity index (χ0n) is 22.4. The molecule has 1 aromatic carbocycles. The Morgan fingerprint density at radius 3 is 2.26 bits per heavy atom. The van der Waals surface area contributed by atoms with Crippen molar-refractivity contribution in [1.29, 1.82) is 0 Å². The van der Waals surface area contributed by atoms with Gasteiger partial charge in [-0.15, -0.1) is 0 Å². The zero-order valence-corrected chi connectivity index (χ0v) is 23.2. The van der Waals surface area contributed by atoms with Crippen molar-refractivity contribution in [3.05, 3.63) is 64.6 Å². The van der Waals surface area contributed by atoms with E-state index in [-0.39, 0.29) is 35.7 Å². The highest BCUT2D eigenvalue weighted by atomic mass is 32.2. The molecule has 1 aliphatic rings. The number of hydrogen-bond acceptors (Lipinski definition) is 8. The molecule has 0 spiro atoms. The molecule has 3 aromatic rings. The van der Waals surface area contributed by atoms with Gasteiger partial charge in [-0.2, -0.15) is 26.3 Å². The summed E-state index contributed by atoms with van der Waals surface area (Å²) in [5, 5.41) is 18.0. The molecule has 1 aliphatic heterocycles. The molecular weight excluding hydrogens is 610 g/mol. The van der Waals surface area contributed by atoms with Gasteiger partial charge in [-0.3, -0.25) is 4.90 Å². The van der Waals surface area contributed by atoms with Crippen LogP contribution in [0.4, 0.5) is 42.8 Å². The highest BCUT2D eigenvalue weighted by molar-refractivity contribution is 7.89. The number of anilines is 2. The Morgan fingerprint density at radius 1 is 1.12 bits per heavy atom. The fraction of sp³-hybridized carbons (Fsp3) is 0.360. The number of primary sulfonamides is 1. The van der Waals surface area contributed by atoms with E-state index in [1.54, 1.807) is 6.92 Å². The molecule has 0 unspecified atom stereocenters. The minimum atomic E-state index is -5.13. The van der Waals surface area contributed by atoms with Crippen LogP contribution in [0.15, 0.2) is 41.4 Å². The largest absolute Gasteiger partial charge is 0.481 e. The standard InChI is InChI=1S/C25H24F6N6O5S/c1-3-15-10-17(21-18(37(15)23(38)39)4-5-20(36-21)42-2)35-22-33-11-19(43(32,40)41)16(34-22)8-12-6-13(24(26,27)28)9-14(7-12)25(29,30)31/h4-7,9,11,15,17H,3,8,10H2,1-2H3,(H,38,39)(H2,32,40,41)(H,33,34,35)/t15-,17+/m1/s1. The summed E-state index contributed by atoms with van der Waals surface area (Å²) in [4.78, 5) is 24.9. The van der Waals surface area contributed by atoms with Crippen molar-refractivity contribution in [3.63, 3.8) is 0 Å². The number of nitrogens with one attached hydrogen (secondary N) is 1. The van der Waals surface area contributed by atoms with Crippen LogP contribution in [0.2, 0.25) is 0 Å². The minimum Gasteiger partial charge on any atom is -0.481 e. The smallest absolute Gasteiger partial charge is 0.416 e. The average Bonchev–Trinajstić information content (AvgIpc) is 2.90. The van der Waals surface area contributed by atoms with Crippen LogP contribution in [0.1, 0.15) is 53.9 Å². The molecule has 3 heterocycles. The molecule has 0 fully saturated rings. The maximum absolute atomic E-state index is 13.4. The number of nitrogens with two attached hydrogens (primary N) is 1. The molecule has 2 atom stereocenters. The number of rotatable bonds is 7. The number of sulfonamides is 1. The summed E-state index contributed by atoms with van der Waals surface area (Å²) in [6.45, 7) is 1.76. The van der Waals surface area contributed by atoms with Crippen LogP contribution < -0.4 is 20.1 Å². The fourth-order valence-electron chi connectivity index (χ4n) is 4.75. The van der Waals surface area contributed by atoms with Gasteiger partial charge >= 0.3 is 18.4 Å². The van der Waals surface area contributed by atoms with Crippen molar-refractivity contribution in [2.24, 2.45) is 5.14 Å². The Labute approximate surface area is 240 Å². The van der Waals surface area contributed by atoms with Crippen molar-refractivity contribution in [2.45, 2.75) is 55.5 Å². The maximum atomic E-state index is 13.4. The van der Waals surface area contributed by atoms with Gasteiger partial charge in [0.25, 0.3) is 0 Å². The fourth-order valence-corrected chi connectivity index (χ4v) is 5.40. The van der Waals surface area contributed by atoms with E-state index >= 15 is 0 Å². The van der Waals surface area contributed by atoms with E-state index in [1.807, 2.05) is 0 Å².